The summed E-state index contributed by atoms with van der Waals surface area (Å²) in [5.41, 5.74) is 4.93. The molecular weight excluding hydrogens is 240 g/mol. The van der Waals surface area contributed by atoms with Crippen LogP contribution < -0.4 is 0 Å². The van der Waals surface area contributed by atoms with Crippen molar-refractivity contribution in [1.29, 1.82) is 0 Å². The van der Waals surface area contributed by atoms with Crippen molar-refractivity contribution >= 4 is 17.2 Å². The molecule has 0 atom stereocenters. The number of allylic oxidation sites excluding steroid dienone is 3. The van der Waals surface area contributed by atoms with E-state index in [4.69, 9.17) is 11.6 Å². The highest BCUT2D eigenvalue weighted by atomic mass is 35.5. The summed E-state index contributed by atoms with van der Waals surface area (Å²) in [7, 11) is 0. The van der Waals surface area contributed by atoms with Crippen molar-refractivity contribution in [3.05, 3.63) is 52.6 Å². The van der Waals surface area contributed by atoms with E-state index in [9.17, 15) is 0 Å². The summed E-state index contributed by atoms with van der Waals surface area (Å²) in [6.07, 6.45) is 6.70. The van der Waals surface area contributed by atoms with Gasteiger partial charge in [-0.1, -0.05) is 55.3 Å². The molecule has 98 valence electrons. The molecule has 0 spiro atoms. The average Bonchev–Trinajstić information content (AvgIpc) is 2.34. The first-order valence-corrected chi connectivity index (χ1v) is 7.04. The van der Waals surface area contributed by atoms with E-state index in [0.717, 1.165) is 29.0 Å². The number of aryl methyl sites for hydroxylation is 1. The molecule has 0 saturated heterocycles. The van der Waals surface area contributed by atoms with Crippen LogP contribution in [0.25, 0.3) is 5.57 Å². The van der Waals surface area contributed by atoms with Gasteiger partial charge in [-0.2, -0.15) is 0 Å². The molecule has 0 bridgehead atoms. The van der Waals surface area contributed by atoms with Gasteiger partial charge < -0.3 is 0 Å². The summed E-state index contributed by atoms with van der Waals surface area (Å²) in [6.45, 7) is 10.6. The van der Waals surface area contributed by atoms with Crippen molar-refractivity contribution in [1.82, 2.24) is 0 Å². The molecule has 0 aromatic heterocycles. The number of benzene rings is 1. The van der Waals surface area contributed by atoms with Crippen LogP contribution in [0, 0.1) is 6.92 Å². The minimum absolute atomic E-state index is 0.817. The highest BCUT2D eigenvalue weighted by Crippen LogP contribution is 2.28. The van der Waals surface area contributed by atoms with Crippen molar-refractivity contribution in [3.63, 3.8) is 0 Å². The first-order valence-electron chi connectivity index (χ1n) is 6.66. The quantitative estimate of drug-likeness (QED) is 0.536. The first kappa shape index (κ1) is 15.0. The Morgan fingerprint density at radius 3 is 2.56 bits per heavy atom. The molecule has 1 rings (SSSR count). The fourth-order valence-electron chi connectivity index (χ4n) is 2.09. The summed E-state index contributed by atoms with van der Waals surface area (Å²) in [5, 5.41) is 0.817. The zero-order valence-corrected chi connectivity index (χ0v) is 12.5. The van der Waals surface area contributed by atoms with Crippen molar-refractivity contribution in [3.8, 4) is 0 Å². The first-order chi connectivity index (χ1) is 8.58. The van der Waals surface area contributed by atoms with Gasteiger partial charge in [0.15, 0.2) is 0 Å². The van der Waals surface area contributed by atoms with Crippen molar-refractivity contribution in [2.24, 2.45) is 0 Å². The zero-order valence-electron chi connectivity index (χ0n) is 11.7. The largest absolute Gasteiger partial charge is 0.0952 e. The average molecular weight is 263 g/mol. The van der Waals surface area contributed by atoms with E-state index in [1.807, 2.05) is 6.07 Å². The summed E-state index contributed by atoms with van der Waals surface area (Å²) in [5.74, 6) is 0. The molecule has 0 aliphatic rings. The second kappa shape index (κ2) is 7.43. The van der Waals surface area contributed by atoms with Crippen LogP contribution in [0.15, 0.2) is 36.4 Å². The van der Waals surface area contributed by atoms with E-state index < -0.39 is 0 Å². The molecule has 1 aromatic carbocycles. The number of halogens is 1. The highest BCUT2D eigenvalue weighted by molar-refractivity contribution is 6.32. The molecule has 0 fully saturated rings. The Morgan fingerprint density at radius 2 is 2.00 bits per heavy atom. The van der Waals surface area contributed by atoms with Gasteiger partial charge in [-0.15, -0.1) is 0 Å². The molecule has 0 heterocycles. The van der Waals surface area contributed by atoms with Gasteiger partial charge in [0, 0.05) is 5.02 Å². The van der Waals surface area contributed by atoms with Crippen LogP contribution in [0.5, 0.6) is 0 Å². The number of rotatable bonds is 6. The van der Waals surface area contributed by atoms with Crippen molar-refractivity contribution in [2.75, 3.05) is 0 Å². The standard InChI is InChI=1S/C17H23Cl/c1-5-7-15(6-2)10-9-14(4)16-11-8-13(3)12-17(16)18/h6,8,11-12H,4-5,7,9-10H2,1-3H3/b15-6-. The predicted molar refractivity (Wildman–Crippen MR) is 83.1 cm³/mol. The molecular formula is C17H23Cl. The van der Waals surface area contributed by atoms with Gasteiger partial charge in [0.25, 0.3) is 0 Å². The van der Waals surface area contributed by atoms with Gasteiger partial charge >= 0.3 is 0 Å². The van der Waals surface area contributed by atoms with Crippen molar-refractivity contribution in [2.45, 2.75) is 46.5 Å². The lowest BCUT2D eigenvalue weighted by atomic mass is 9.97. The predicted octanol–water partition coefficient (Wildman–Crippen LogP) is 6.19. The third-order valence-electron chi connectivity index (χ3n) is 3.23. The zero-order chi connectivity index (χ0) is 13.5. The normalized spacial score (nSPS) is 11.7. The molecule has 0 aliphatic heterocycles. The van der Waals surface area contributed by atoms with Gasteiger partial charge in [0.1, 0.15) is 0 Å². The third-order valence-corrected chi connectivity index (χ3v) is 3.55. The van der Waals surface area contributed by atoms with Crippen LogP contribution >= 0.6 is 11.6 Å². The van der Waals surface area contributed by atoms with Crippen LogP contribution in [0.1, 0.15) is 50.7 Å². The summed E-state index contributed by atoms with van der Waals surface area (Å²) < 4.78 is 0. The smallest absolute Gasteiger partial charge is 0.0483 e. The van der Waals surface area contributed by atoms with Crippen LogP contribution in [0.2, 0.25) is 5.02 Å². The van der Waals surface area contributed by atoms with E-state index in [-0.39, 0.29) is 0 Å². The molecule has 0 aliphatic carbocycles. The molecule has 1 heteroatoms. The maximum Gasteiger partial charge on any atom is 0.0483 e. The van der Waals surface area contributed by atoms with Crippen LogP contribution in [0.3, 0.4) is 0 Å². The van der Waals surface area contributed by atoms with Crippen LogP contribution in [0.4, 0.5) is 0 Å². The third kappa shape index (κ3) is 4.34. The van der Waals surface area contributed by atoms with Gasteiger partial charge in [0.2, 0.25) is 0 Å². The van der Waals surface area contributed by atoms with E-state index in [1.54, 1.807) is 0 Å². The molecule has 0 radical (unpaired) electrons. The van der Waals surface area contributed by atoms with Gasteiger partial charge in [-0.05, 0) is 55.9 Å². The molecule has 0 N–H and O–H groups in total. The lowest BCUT2D eigenvalue weighted by Crippen LogP contribution is -1.89. The Labute approximate surface area is 116 Å². The minimum atomic E-state index is 0.817. The minimum Gasteiger partial charge on any atom is -0.0952 e. The number of hydrogen-bond acceptors (Lipinski definition) is 0. The summed E-state index contributed by atoms with van der Waals surface area (Å²) in [4.78, 5) is 0. The Bertz CT molecular complexity index is 441. The second-order valence-corrected chi connectivity index (χ2v) is 5.19. The van der Waals surface area contributed by atoms with E-state index in [0.29, 0.717) is 0 Å². The summed E-state index contributed by atoms with van der Waals surface area (Å²) in [6, 6.07) is 6.18. The van der Waals surface area contributed by atoms with E-state index in [2.05, 4.69) is 45.6 Å². The Balaban J connectivity index is 2.65. The lowest BCUT2D eigenvalue weighted by Gasteiger charge is -2.10. The van der Waals surface area contributed by atoms with Crippen molar-refractivity contribution < 1.29 is 0 Å². The van der Waals surface area contributed by atoms with E-state index >= 15 is 0 Å². The van der Waals surface area contributed by atoms with Gasteiger partial charge in [-0.3, -0.25) is 0 Å². The molecule has 18 heavy (non-hydrogen) atoms. The molecule has 1 aromatic rings. The maximum absolute atomic E-state index is 6.26. The molecule has 0 saturated carbocycles. The van der Waals surface area contributed by atoms with Gasteiger partial charge in [0.05, 0.1) is 0 Å². The molecule has 0 nitrogen and oxygen atoms in total. The summed E-state index contributed by atoms with van der Waals surface area (Å²) >= 11 is 6.26. The Hall–Kier alpha value is -1.01. The highest BCUT2D eigenvalue weighted by Gasteiger charge is 2.05. The monoisotopic (exact) mass is 262 g/mol. The fourth-order valence-corrected chi connectivity index (χ4v) is 2.46. The van der Waals surface area contributed by atoms with Gasteiger partial charge in [-0.25, -0.2) is 0 Å². The fraction of sp³-hybridized carbons (Fsp3) is 0.412. The lowest BCUT2D eigenvalue weighted by molar-refractivity contribution is 0.831. The van der Waals surface area contributed by atoms with Crippen LogP contribution in [-0.2, 0) is 0 Å². The Morgan fingerprint density at radius 1 is 1.28 bits per heavy atom. The molecule has 0 unspecified atom stereocenters. The maximum atomic E-state index is 6.26. The second-order valence-electron chi connectivity index (χ2n) is 4.78. The van der Waals surface area contributed by atoms with E-state index in [1.165, 1.54) is 24.0 Å². The Kier molecular flexibility index (Phi) is 6.21. The molecule has 0 amide bonds. The topological polar surface area (TPSA) is 0 Å². The number of hydrogen-bond donors (Lipinski definition) is 0. The SMILES string of the molecule is C=C(CC/C(=C\C)CCC)c1ccc(C)cc1Cl. The van der Waals surface area contributed by atoms with Crippen LogP contribution in [-0.4, -0.2) is 0 Å².